The van der Waals surface area contributed by atoms with Gasteiger partial charge >= 0.3 is 0 Å². The maximum Gasteiger partial charge on any atom is 0.261 e. The van der Waals surface area contributed by atoms with E-state index in [-0.39, 0.29) is 30.9 Å². The van der Waals surface area contributed by atoms with Crippen LogP contribution in [0.15, 0.2) is 40.9 Å². The van der Waals surface area contributed by atoms with Crippen molar-refractivity contribution in [1.29, 1.82) is 0 Å². The third kappa shape index (κ3) is 7.55. The van der Waals surface area contributed by atoms with Crippen molar-refractivity contribution in [2.75, 3.05) is 13.2 Å². The Morgan fingerprint density at radius 2 is 1.75 bits per heavy atom. The van der Waals surface area contributed by atoms with Gasteiger partial charge in [0.2, 0.25) is 5.91 Å². The SMILES string of the molecule is CC[C@@H](C(=O)NCC(C)C)N(Cc1c(Cl)cccc1Cl)C(=O)COc1ccc(Br)cc1Cl. The van der Waals surface area contributed by atoms with Crippen molar-refractivity contribution >= 4 is 62.5 Å². The summed E-state index contributed by atoms with van der Waals surface area (Å²) in [6, 6.07) is 9.52. The lowest BCUT2D eigenvalue weighted by molar-refractivity contribution is -0.143. The van der Waals surface area contributed by atoms with Gasteiger partial charge in [-0.2, -0.15) is 0 Å². The van der Waals surface area contributed by atoms with Crippen LogP contribution in [0.3, 0.4) is 0 Å². The summed E-state index contributed by atoms with van der Waals surface area (Å²) in [6.45, 7) is 6.14. The van der Waals surface area contributed by atoms with Gasteiger partial charge in [-0.05, 0) is 42.7 Å². The van der Waals surface area contributed by atoms with Crippen molar-refractivity contribution in [1.82, 2.24) is 10.2 Å². The molecule has 0 radical (unpaired) electrons. The van der Waals surface area contributed by atoms with Crippen LogP contribution in [0.4, 0.5) is 0 Å². The van der Waals surface area contributed by atoms with E-state index in [2.05, 4.69) is 21.2 Å². The zero-order valence-electron chi connectivity index (χ0n) is 18.1. The summed E-state index contributed by atoms with van der Waals surface area (Å²) < 4.78 is 6.46. The third-order valence-corrected chi connectivity index (χ3v) is 6.20. The van der Waals surface area contributed by atoms with Gasteiger partial charge in [-0.3, -0.25) is 9.59 Å². The molecular formula is C23H26BrCl3N2O3. The van der Waals surface area contributed by atoms with E-state index < -0.39 is 6.04 Å². The van der Waals surface area contributed by atoms with E-state index in [0.29, 0.717) is 39.3 Å². The van der Waals surface area contributed by atoms with Gasteiger partial charge in [-0.25, -0.2) is 0 Å². The van der Waals surface area contributed by atoms with E-state index in [9.17, 15) is 9.59 Å². The maximum absolute atomic E-state index is 13.2. The van der Waals surface area contributed by atoms with Gasteiger partial charge in [0, 0.05) is 33.2 Å². The molecular weight excluding hydrogens is 539 g/mol. The first-order chi connectivity index (χ1) is 15.1. The van der Waals surface area contributed by atoms with Gasteiger partial charge in [0.05, 0.1) is 5.02 Å². The van der Waals surface area contributed by atoms with Crippen LogP contribution in [0.2, 0.25) is 15.1 Å². The number of ether oxygens (including phenoxy) is 1. The first-order valence-corrected chi connectivity index (χ1v) is 12.1. The molecule has 0 aliphatic heterocycles. The molecule has 174 valence electrons. The van der Waals surface area contributed by atoms with Crippen molar-refractivity contribution in [3.05, 3.63) is 61.5 Å². The fraction of sp³-hybridized carbons (Fsp3) is 0.391. The van der Waals surface area contributed by atoms with Crippen LogP contribution in [0.25, 0.3) is 0 Å². The van der Waals surface area contributed by atoms with Gasteiger partial charge in [0.1, 0.15) is 11.8 Å². The molecule has 2 rings (SSSR count). The zero-order valence-corrected chi connectivity index (χ0v) is 22.0. The monoisotopic (exact) mass is 562 g/mol. The molecule has 0 heterocycles. The Balaban J connectivity index is 2.28. The average Bonchev–Trinajstić information content (AvgIpc) is 2.73. The minimum absolute atomic E-state index is 0.0718. The van der Waals surface area contributed by atoms with Gasteiger partial charge < -0.3 is 15.0 Å². The first kappa shape index (κ1) is 26.8. The van der Waals surface area contributed by atoms with Crippen molar-refractivity contribution in [3.63, 3.8) is 0 Å². The van der Waals surface area contributed by atoms with E-state index in [0.717, 1.165) is 4.47 Å². The molecule has 2 amide bonds. The van der Waals surface area contributed by atoms with Crippen molar-refractivity contribution < 1.29 is 14.3 Å². The number of nitrogens with one attached hydrogen (secondary N) is 1. The Kier molecular flexibility index (Phi) is 10.6. The highest BCUT2D eigenvalue weighted by molar-refractivity contribution is 9.10. The molecule has 0 aliphatic carbocycles. The molecule has 0 fully saturated rings. The minimum Gasteiger partial charge on any atom is -0.482 e. The predicted octanol–water partition coefficient (Wildman–Crippen LogP) is 6.37. The fourth-order valence-electron chi connectivity index (χ4n) is 3.01. The Morgan fingerprint density at radius 3 is 2.31 bits per heavy atom. The number of carbonyl (C=O) groups excluding carboxylic acids is 2. The molecule has 32 heavy (non-hydrogen) atoms. The van der Waals surface area contributed by atoms with Crippen LogP contribution in [-0.4, -0.2) is 35.9 Å². The van der Waals surface area contributed by atoms with Crippen LogP contribution in [0.5, 0.6) is 5.75 Å². The van der Waals surface area contributed by atoms with E-state index in [1.165, 1.54) is 4.90 Å². The highest BCUT2D eigenvalue weighted by Gasteiger charge is 2.30. The summed E-state index contributed by atoms with van der Waals surface area (Å²) in [4.78, 5) is 27.6. The lowest BCUT2D eigenvalue weighted by atomic mass is 10.1. The van der Waals surface area contributed by atoms with E-state index in [1.54, 1.807) is 36.4 Å². The number of rotatable bonds is 10. The lowest BCUT2D eigenvalue weighted by Gasteiger charge is -2.31. The van der Waals surface area contributed by atoms with Crippen LogP contribution in [-0.2, 0) is 16.1 Å². The quantitative estimate of drug-likeness (QED) is 0.365. The number of carbonyl (C=O) groups is 2. The summed E-state index contributed by atoms with van der Waals surface area (Å²) in [5, 5.41) is 4.12. The first-order valence-electron chi connectivity index (χ1n) is 10.2. The fourth-order valence-corrected chi connectivity index (χ4v) is 4.26. The van der Waals surface area contributed by atoms with E-state index in [4.69, 9.17) is 39.5 Å². The molecule has 0 saturated carbocycles. The standard InChI is InChI=1S/C23H26BrCl3N2O3/c1-4-20(23(31)28-11-14(2)3)29(12-16-17(25)6-5-7-18(16)26)22(30)13-32-21-9-8-15(24)10-19(21)27/h5-10,14,20H,4,11-13H2,1-3H3,(H,28,31)/t20-/m0/s1. The molecule has 1 N–H and O–H groups in total. The number of amides is 2. The predicted molar refractivity (Wildman–Crippen MR) is 134 cm³/mol. The molecule has 2 aromatic carbocycles. The molecule has 5 nitrogen and oxygen atoms in total. The molecule has 0 unspecified atom stereocenters. The highest BCUT2D eigenvalue weighted by Crippen LogP contribution is 2.29. The van der Waals surface area contributed by atoms with Crippen LogP contribution in [0, 0.1) is 5.92 Å². The van der Waals surface area contributed by atoms with Crippen LogP contribution >= 0.6 is 50.7 Å². The number of hydrogen-bond acceptors (Lipinski definition) is 3. The van der Waals surface area contributed by atoms with Crippen LogP contribution < -0.4 is 10.1 Å². The third-order valence-electron chi connectivity index (χ3n) is 4.71. The molecule has 0 aliphatic rings. The molecule has 0 spiro atoms. The van der Waals surface area contributed by atoms with Crippen molar-refractivity contribution in [2.45, 2.75) is 39.8 Å². The van der Waals surface area contributed by atoms with Crippen molar-refractivity contribution in [3.8, 4) is 5.75 Å². The second kappa shape index (κ2) is 12.7. The van der Waals surface area contributed by atoms with Crippen LogP contribution in [0.1, 0.15) is 32.8 Å². The summed E-state index contributed by atoms with van der Waals surface area (Å²) in [5.41, 5.74) is 0.570. The van der Waals surface area contributed by atoms with E-state index in [1.807, 2.05) is 20.8 Å². The second-order valence-electron chi connectivity index (χ2n) is 7.65. The largest absolute Gasteiger partial charge is 0.482 e. The number of halogens is 4. The maximum atomic E-state index is 13.2. The smallest absolute Gasteiger partial charge is 0.261 e. The molecule has 2 aromatic rings. The normalized spacial score (nSPS) is 11.9. The number of benzene rings is 2. The molecule has 0 aromatic heterocycles. The number of hydrogen-bond donors (Lipinski definition) is 1. The molecule has 0 bridgehead atoms. The lowest BCUT2D eigenvalue weighted by Crippen LogP contribution is -2.50. The minimum atomic E-state index is -0.711. The Morgan fingerprint density at radius 1 is 1.09 bits per heavy atom. The van der Waals surface area contributed by atoms with E-state index >= 15 is 0 Å². The highest BCUT2D eigenvalue weighted by atomic mass is 79.9. The van der Waals surface area contributed by atoms with Gasteiger partial charge in [0.15, 0.2) is 6.61 Å². The summed E-state index contributed by atoms with van der Waals surface area (Å²) in [7, 11) is 0. The molecule has 1 atom stereocenters. The Hall–Kier alpha value is -1.47. The van der Waals surface area contributed by atoms with Gasteiger partial charge in [-0.1, -0.05) is 77.6 Å². The number of nitrogens with zero attached hydrogens (tertiary/aromatic N) is 1. The second-order valence-corrected chi connectivity index (χ2v) is 9.79. The van der Waals surface area contributed by atoms with Crippen molar-refractivity contribution in [2.24, 2.45) is 5.92 Å². The van der Waals surface area contributed by atoms with Gasteiger partial charge in [0.25, 0.3) is 5.91 Å². The van der Waals surface area contributed by atoms with Gasteiger partial charge in [-0.15, -0.1) is 0 Å². The Bertz CT molecular complexity index is 936. The summed E-state index contributed by atoms with van der Waals surface area (Å²) in [6.07, 6.45) is 0.413. The molecule has 9 heteroatoms. The zero-order chi connectivity index (χ0) is 23.8. The molecule has 0 saturated heterocycles. The topological polar surface area (TPSA) is 58.6 Å². The summed E-state index contributed by atoms with van der Waals surface area (Å²) >= 11 is 22.2. The summed E-state index contributed by atoms with van der Waals surface area (Å²) in [5.74, 6) is 0.0312. The Labute approximate surface area is 212 Å². The average molecular weight is 565 g/mol.